The Balaban J connectivity index is 0.920. The van der Waals surface area contributed by atoms with Gasteiger partial charge in [-0.25, -0.2) is 0 Å². The van der Waals surface area contributed by atoms with Crippen LogP contribution >= 0.6 is 0 Å². The van der Waals surface area contributed by atoms with Crippen molar-refractivity contribution in [3.8, 4) is 44.5 Å². The molecule has 0 radical (unpaired) electrons. The van der Waals surface area contributed by atoms with Gasteiger partial charge in [-0.1, -0.05) is 152 Å². The smallest absolute Gasteiger partial charge is 0.143 e. The minimum absolute atomic E-state index is 0.899. The van der Waals surface area contributed by atoms with Crippen LogP contribution in [0.5, 0.6) is 0 Å². The predicted octanol–water partition coefficient (Wildman–Crippen LogP) is 15.6. The van der Waals surface area contributed by atoms with Crippen molar-refractivity contribution in [1.29, 1.82) is 0 Å². The van der Waals surface area contributed by atoms with Crippen LogP contribution in [0.1, 0.15) is 0 Å². The van der Waals surface area contributed by atoms with Gasteiger partial charge in [-0.2, -0.15) is 0 Å². The van der Waals surface area contributed by atoms with Crippen molar-refractivity contribution in [3.05, 3.63) is 212 Å². The number of anilines is 3. The average molecular weight is 730 g/mol. The first-order valence-corrected chi connectivity index (χ1v) is 19.3. The Hall–Kier alpha value is -7.62. The molecule has 0 aliphatic rings. The highest BCUT2D eigenvalue weighted by molar-refractivity contribution is 6.09. The Labute approximate surface area is 330 Å². The number of benzene rings is 9. The number of hydrogen-bond acceptors (Lipinski definition) is 3. The predicted molar refractivity (Wildman–Crippen MR) is 237 cm³/mol. The molecular formula is C54H35NO2. The molecule has 0 N–H and O–H groups in total. The summed E-state index contributed by atoms with van der Waals surface area (Å²) >= 11 is 0. The van der Waals surface area contributed by atoms with E-state index in [0.717, 1.165) is 94.3 Å². The molecule has 2 heterocycles. The van der Waals surface area contributed by atoms with Crippen LogP contribution in [-0.2, 0) is 0 Å². The first-order chi connectivity index (χ1) is 28.2. The minimum Gasteiger partial charge on any atom is -0.456 e. The molecule has 0 aliphatic heterocycles. The zero-order valence-corrected chi connectivity index (χ0v) is 31.0. The zero-order chi connectivity index (χ0) is 37.7. The maximum atomic E-state index is 6.34. The van der Waals surface area contributed by atoms with E-state index < -0.39 is 0 Å². The van der Waals surface area contributed by atoms with Gasteiger partial charge in [0.1, 0.15) is 22.3 Å². The summed E-state index contributed by atoms with van der Waals surface area (Å²) < 4.78 is 12.6. The minimum atomic E-state index is 0.899. The van der Waals surface area contributed by atoms with Gasteiger partial charge in [0.2, 0.25) is 0 Å². The highest BCUT2D eigenvalue weighted by atomic mass is 16.3. The van der Waals surface area contributed by atoms with Crippen LogP contribution in [0.4, 0.5) is 17.1 Å². The van der Waals surface area contributed by atoms with E-state index in [-0.39, 0.29) is 0 Å². The third kappa shape index (κ3) is 5.85. The van der Waals surface area contributed by atoms with Crippen molar-refractivity contribution in [3.63, 3.8) is 0 Å². The quantitative estimate of drug-likeness (QED) is 0.164. The second kappa shape index (κ2) is 13.6. The van der Waals surface area contributed by atoms with E-state index in [0.29, 0.717) is 0 Å². The fraction of sp³-hybridized carbons (Fsp3) is 0. The second-order valence-corrected chi connectivity index (χ2v) is 14.5. The number of fused-ring (bicyclic) bond motifs is 6. The molecule has 57 heavy (non-hydrogen) atoms. The van der Waals surface area contributed by atoms with Gasteiger partial charge < -0.3 is 13.7 Å². The zero-order valence-electron chi connectivity index (χ0n) is 31.0. The Morgan fingerprint density at radius 3 is 1.30 bits per heavy atom. The number of rotatable bonds is 7. The lowest BCUT2D eigenvalue weighted by Gasteiger charge is -2.26. The third-order valence-corrected chi connectivity index (χ3v) is 11.1. The van der Waals surface area contributed by atoms with Crippen LogP contribution in [0.2, 0.25) is 0 Å². The number of nitrogens with zero attached hydrogens (tertiary/aromatic N) is 1. The van der Waals surface area contributed by atoms with Gasteiger partial charge in [-0.15, -0.1) is 0 Å². The summed E-state index contributed by atoms with van der Waals surface area (Å²) in [5.74, 6) is 0. The van der Waals surface area contributed by atoms with E-state index in [4.69, 9.17) is 8.83 Å². The number of para-hydroxylation sites is 3. The molecule has 2 aromatic heterocycles. The molecule has 0 fully saturated rings. The topological polar surface area (TPSA) is 29.5 Å². The molecule has 0 saturated heterocycles. The lowest BCUT2D eigenvalue weighted by Crippen LogP contribution is -2.09. The van der Waals surface area contributed by atoms with E-state index >= 15 is 0 Å². The van der Waals surface area contributed by atoms with Crippen LogP contribution in [0.25, 0.3) is 88.4 Å². The van der Waals surface area contributed by atoms with Gasteiger partial charge in [-0.3, -0.25) is 0 Å². The van der Waals surface area contributed by atoms with Gasteiger partial charge in [0.05, 0.1) is 0 Å². The second-order valence-electron chi connectivity index (χ2n) is 14.5. The SMILES string of the molecule is c1ccc(-c2ccc(N(c3ccc(-c4ccc(-c5cccc6c5oc5ccccc56)cc4)cc3)c3ccc(-c4ccc5c(c4)oc4ccccc45)cc3)cc2)cc1. The maximum absolute atomic E-state index is 6.34. The summed E-state index contributed by atoms with van der Waals surface area (Å²) in [5, 5.41) is 4.56. The number of hydrogen-bond donors (Lipinski definition) is 0. The van der Waals surface area contributed by atoms with Crippen LogP contribution in [0.3, 0.4) is 0 Å². The molecule has 0 unspecified atom stereocenters. The standard InChI is InChI=1S/C54H35NO2/c1-2-9-36(10-3-1)38-21-28-43(29-22-38)55(45-32-25-40(26-33-45)42-27-34-49-47-11-4-6-15-51(47)56-53(49)35-42)44-30-23-39(24-31-44)37-17-19-41(20-18-37)46-13-8-14-50-48-12-5-7-16-52(48)57-54(46)50/h1-35H. The molecule has 0 aliphatic carbocycles. The third-order valence-electron chi connectivity index (χ3n) is 11.1. The van der Waals surface area contributed by atoms with Gasteiger partial charge >= 0.3 is 0 Å². The highest BCUT2D eigenvalue weighted by Gasteiger charge is 2.16. The first-order valence-electron chi connectivity index (χ1n) is 19.3. The Kier molecular flexibility index (Phi) is 7.82. The normalized spacial score (nSPS) is 11.5. The summed E-state index contributed by atoms with van der Waals surface area (Å²) in [7, 11) is 0. The molecule has 0 amide bonds. The molecule has 9 aromatic carbocycles. The van der Waals surface area contributed by atoms with E-state index in [9.17, 15) is 0 Å². The van der Waals surface area contributed by atoms with Crippen molar-refractivity contribution in [2.24, 2.45) is 0 Å². The molecular weight excluding hydrogens is 695 g/mol. The van der Waals surface area contributed by atoms with Gasteiger partial charge in [-0.05, 0) is 99.6 Å². The maximum Gasteiger partial charge on any atom is 0.143 e. The van der Waals surface area contributed by atoms with Crippen molar-refractivity contribution >= 4 is 60.9 Å². The van der Waals surface area contributed by atoms with Crippen molar-refractivity contribution < 1.29 is 8.83 Å². The summed E-state index contributed by atoms with van der Waals surface area (Å²) in [6, 6.07) is 75.2. The largest absolute Gasteiger partial charge is 0.456 e. The van der Waals surface area contributed by atoms with Gasteiger partial charge in [0, 0.05) is 44.2 Å². The van der Waals surface area contributed by atoms with Crippen molar-refractivity contribution in [1.82, 2.24) is 0 Å². The number of furan rings is 2. The summed E-state index contributed by atoms with van der Waals surface area (Å²) in [5.41, 5.74) is 16.1. The summed E-state index contributed by atoms with van der Waals surface area (Å²) in [6.45, 7) is 0. The molecule has 11 aromatic rings. The van der Waals surface area contributed by atoms with Crippen molar-refractivity contribution in [2.75, 3.05) is 4.90 Å². The molecule has 3 heteroatoms. The van der Waals surface area contributed by atoms with Crippen LogP contribution in [0.15, 0.2) is 221 Å². The lowest BCUT2D eigenvalue weighted by molar-refractivity contribution is 0.669. The monoisotopic (exact) mass is 729 g/mol. The van der Waals surface area contributed by atoms with Crippen molar-refractivity contribution in [2.45, 2.75) is 0 Å². The van der Waals surface area contributed by atoms with E-state index in [2.05, 4.69) is 193 Å². The Morgan fingerprint density at radius 2 is 0.684 bits per heavy atom. The van der Waals surface area contributed by atoms with Gasteiger partial charge in [0.15, 0.2) is 0 Å². The molecule has 3 nitrogen and oxygen atoms in total. The fourth-order valence-corrected chi connectivity index (χ4v) is 8.21. The lowest BCUT2D eigenvalue weighted by atomic mass is 9.98. The molecule has 11 rings (SSSR count). The van der Waals surface area contributed by atoms with Gasteiger partial charge in [0.25, 0.3) is 0 Å². The molecule has 0 atom stereocenters. The summed E-state index contributed by atoms with van der Waals surface area (Å²) in [4.78, 5) is 2.32. The van der Waals surface area contributed by atoms with E-state index in [1.54, 1.807) is 0 Å². The average Bonchev–Trinajstić information content (AvgIpc) is 3.86. The van der Waals surface area contributed by atoms with Crippen LogP contribution in [-0.4, -0.2) is 0 Å². The van der Waals surface area contributed by atoms with Crippen LogP contribution in [0, 0.1) is 0 Å². The highest BCUT2D eigenvalue weighted by Crippen LogP contribution is 2.40. The van der Waals surface area contributed by atoms with E-state index in [1.165, 1.54) is 11.1 Å². The Bertz CT molecular complexity index is 3190. The molecule has 0 bridgehead atoms. The summed E-state index contributed by atoms with van der Waals surface area (Å²) in [6.07, 6.45) is 0. The molecule has 268 valence electrons. The Morgan fingerprint density at radius 1 is 0.263 bits per heavy atom. The molecule has 0 saturated carbocycles. The fourth-order valence-electron chi connectivity index (χ4n) is 8.21. The van der Waals surface area contributed by atoms with E-state index in [1.807, 2.05) is 24.3 Å². The molecule has 0 spiro atoms. The van der Waals surface area contributed by atoms with Crippen LogP contribution < -0.4 is 4.90 Å². The first kappa shape index (κ1) is 32.8.